The van der Waals surface area contributed by atoms with E-state index in [0.29, 0.717) is 12.8 Å². The SMILES string of the molecule is O=C1c2ccccc2CC1CC(O)CO. The molecular formula is C12H14O3. The molecule has 2 unspecified atom stereocenters. The maximum atomic E-state index is 11.9. The molecule has 2 atom stereocenters. The molecule has 0 spiro atoms. The van der Waals surface area contributed by atoms with E-state index in [-0.39, 0.29) is 18.3 Å². The Bertz CT molecular complexity index is 373. The largest absolute Gasteiger partial charge is 0.394 e. The highest BCUT2D eigenvalue weighted by molar-refractivity contribution is 6.02. The van der Waals surface area contributed by atoms with E-state index in [0.717, 1.165) is 11.1 Å². The molecule has 1 aliphatic carbocycles. The topological polar surface area (TPSA) is 57.5 Å². The lowest BCUT2D eigenvalue weighted by atomic mass is 9.98. The van der Waals surface area contributed by atoms with Crippen molar-refractivity contribution in [3.8, 4) is 0 Å². The summed E-state index contributed by atoms with van der Waals surface area (Å²) in [4.78, 5) is 11.9. The summed E-state index contributed by atoms with van der Waals surface area (Å²) < 4.78 is 0. The van der Waals surface area contributed by atoms with E-state index in [4.69, 9.17) is 5.11 Å². The number of ketones is 1. The van der Waals surface area contributed by atoms with Crippen LogP contribution in [0.1, 0.15) is 22.3 Å². The molecule has 0 bridgehead atoms. The van der Waals surface area contributed by atoms with Crippen molar-refractivity contribution in [2.45, 2.75) is 18.9 Å². The van der Waals surface area contributed by atoms with Gasteiger partial charge in [-0.25, -0.2) is 0 Å². The molecule has 0 heterocycles. The van der Waals surface area contributed by atoms with Crippen LogP contribution in [0.2, 0.25) is 0 Å². The Labute approximate surface area is 88.4 Å². The number of hydrogen-bond donors (Lipinski definition) is 2. The maximum Gasteiger partial charge on any atom is 0.166 e. The molecule has 0 saturated heterocycles. The first-order valence-electron chi connectivity index (χ1n) is 5.13. The van der Waals surface area contributed by atoms with E-state index < -0.39 is 6.10 Å². The second-order valence-corrected chi connectivity index (χ2v) is 3.99. The molecule has 1 aromatic rings. The average molecular weight is 206 g/mol. The number of carbonyl (C=O) groups excluding carboxylic acids is 1. The van der Waals surface area contributed by atoms with E-state index in [1.165, 1.54) is 0 Å². The third-order valence-corrected chi connectivity index (χ3v) is 2.89. The van der Waals surface area contributed by atoms with Crippen molar-refractivity contribution in [2.75, 3.05) is 6.61 Å². The van der Waals surface area contributed by atoms with E-state index in [9.17, 15) is 9.90 Å². The summed E-state index contributed by atoms with van der Waals surface area (Å²) in [6.07, 6.45) is 0.254. The van der Waals surface area contributed by atoms with E-state index >= 15 is 0 Å². The molecule has 1 aliphatic rings. The normalized spacial score (nSPS) is 21.5. The van der Waals surface area contributed by atoms with Gasteiger partial charge >= 0.3 is 0 Å². The van der Waals surface area contributed by atoms with Crippen molar-refractivity contribution in [3.05, 3.63) is 35.4 Å². The molecule has 3 heteroatoms. The van der Waals surface area contributed by atoms with Crippen LogP contribution in [0, 0.1) is 5.92 Å². The molecule has 2 N–H and O–H groups in total. The zero-order valence-electron chi connectivity index (χ0n) is 8.39. The van der Waals surface area contributed by atoms with Gasteiger partial charge in [-0.2, -0.15) is 0 Å². The number of rotatable bonds is 3. The van der Waals surface area contributed by atoms with Gasteiger partial charge in [0.25, 0.3) is 0 Å². The lowest BCUT2D eigenvalue weighted by Gasteiger charge is -2.11. The molecule has 1 aromatic carbocycles. The Morgan fingerprint density at radius 1 is 1.40 bits per heavy atom. The van der Waals surface area contributed by atoms with Crippen LogP contribution >= 0.6 is 0 Å². The summed E-state index contributed by atoms with van der Waals surface area (Å²) in [5, 5.41) is 18.0. The van der Waals surface area contributed by atoms with Crippen LogP contribution in [0.3, 0.4) is 0 Å². The lowest BCUT2D eigenvalue weighted by Crippen LogP contribution is -2.20. The Kier molecular flexibility index (Phi) is 2.84. The third-order valence-electron chi connectivity index (χ3n) is 2.89. The fourth-order valence-electron chi connectivity index (χ4n) is 2.11. The Morgan fingerprint density at radius 3 is 2.80 bits per heavy atom. The van der Waals surface area contributed by atoms with E-state index in [2.05, 4.69) is 0 Å². The number of hydrogen-bond acceptors (Lipinski definition) is 3. The predicted octanol–water partition coefficient (Wildman–Crippen LogP) is 0.785. The Balaban J connectivity index is 2.13. The minimum Gasteiger partial charge on any atom is -0.394 e. The number of aliphatic hydroxyl groups excluding tert-OH is 2. The number of aliphatic hydroxyl groups is 2. The fourth-order valence-corrected chi connectivity index (χ4v) is 2.11. The van der Waals surface area contributed by atoms with Gasteiger partial charge in [0.1, 0.15) is 0 Å². The highest BCUT2D eigenvalue weighted by Crippen LogP contribution is 2.29. The first-order valence-corrected chi connectivity index (χ1v) is 5.13. The number of carbonyl (C=O) groups is 1. The van der Waals surface area contributed by atoms with Crippen LogP contribution < -0.4 is 0 Å². The zero-order chi connectivity index (χ0) is 10.8. The van der Waals surface area contributed by atoms with Crippen molar-refractivity contribution in [1.29, 1.82) is 0 Å². The minimum absolute atomic E-state index is 0.0955. The summed E-state index contributed by atoms with van der Waals surface area (Å²) in [5.41, 5.74) is 1.82. The Morgan fingerprint density at radius 2 is 2.13 bits per heavy atom. The van der Waals surface area contributed by atoms with Crippen molar-refractivity contribution in [1.82, 2.24) is 0 Å². The zero-order valence-corrected chi connectivity index (χ0v) is 8.39. The highest BCUT2D eigenvalue weighted by Gasteiger charge is 2.31. The van der Waals surface area contributed by atoms with Gasteiger partial charge in [0, 0.05) is 11.5 Å². The maximum absolute atomic E-state index is 11.9. The van der Waals surface area contributed by atoms with Gasteiger partial charge in [-0.1, -0.05) is 24.3 Å². The van der Waals surface area contributed by atoms with Crippen molar-refractivity contribution >= 4 is 5.78 Å². The van der Waals surface area contributed by atoms with Gasteiger partial charge in [0.15, 0.2) is 5.78 Å². The highest BCUT2D eigenvalue weighted by atomic mass is 16.3. The molecule has 15 heavy (non-hydrogen) atoms. The summed E-state index contributed by atoms with van der Waals surface area (Å²) >= 11 is 0. The average Bonchev–Trinajstić information content (AvgIpc) is 2.57. The van der Waals surface area contributed by atoms with E-state index in [1.54, 1.807) is 0 Å². The minimum atomic E-state index is -0.784. The van der Waals surface area contributed by atoms with Crippen LogP contribution in [-0.4, -0.2) is 28.7 Å². The molecule has 0 aromatic heterocycles. The van der Waals surface area contributed by atoms with Crippen LogP contribution in [-0.2, 0) is 6.42 Å². The molecule has 2 rings (SSSR count). The van der Waals surface area contributed by atoms with Gasteiger partial charge in [-0.3, -0.25) is 4.79 Å². The van der Waals surface area contributed by atoms with Crippen LogP contribution in [0.15, 0.2) is 24.3 Å². The number of fused-ring (bicyclic) bond motifs is 1. The summed E-state index contributed by atoms with van der Waals surface area (Å²) in [5.74, 6) is -0.0670. The number of Topliss-reactive ketones (excluding diaryl/α,β-unsaturated/α-hetero) is 1. The van der Waals surface area contributed by atoms with Gasteiger partial charge < -0.3 is 10.2 Å². The first-order chi connectivity index (χ1) is 7.22. The van der Waals surface area contributed by atoms with Gasteiger partial charge in [0.05, 0.1) is 12.7 Å². The van der Waals surface area contributed by atoms with Crippen molar-refractivity contribution in [2.24, 2.45) is 5.92 Å². The first kappa shape index (κ1) is 10.3. The predicted molar refractivity (Wildman–Crippen MR) is 55.7 cm³/mol. The molecule has 3 nitrogen and oxygen atoms in total. The van der Waals surface area contributed by atoms with Crippen LogP contribution in [0.4, 0.5) is 0 Å². The third kappa shape index (κ3) is 1.94. The lowest BCUT2D eigenvalue weighted by molar-refractivity contribution is 0.0660. The molecule has 0 radical (unpaired) electrons. The molecule has 0 aliphatic heterocycles. The summed E-state index contributed by atoms with van der Waals surface area (Å²) in [7, 11) is 0. The smallest absolute Gasteiger partial charge is 0.166 e. The van der Waals surface area contributed by atoms with Gasteiger partial charge in [-0.15, -0.1) is 0 Å². The quantitative estimate of drug-likeness (QED) is 0.768. The molecule has 80 valence electrons. The van der Waals surface area contributed by atoms with Crippen LogP contribution in [0.25, 0.3) is 0 Å². The molecule has 0 amide bonds. The van der Waals surface area contributed by atoms with E-state index in [1.807, 2.05) is 24.3 Å². The second-order valence-electron chi connectivity index (χ2n) is 3.99. The molecule has 0 fully saturated rings. The van der Waals surface area contributed by atoms with Crippen molar-refractivity contribution < 1.29 is 15.0 Å². The number of benzene rings is 1. The van der Waals surface area contributed by atoms with Crippen molar-refractivity contribution in [3.63, 3.8) is 0 Å². The monoisotopic (exact) mass is 206 g/mol. The molecular weight excluding hydrogens is 192 g/mol. The fraction of sp³-hybridized carbons (Fsp3) is 0.417. The van der Waals surface area contributed by atoms with Gasteiger partial charge in [-0.05, 0) is 18.4 Å². The summed E-state index contributed by atoms with van der Waals surface area (Å²) in [6, 6.07) is 7.53. The van der Waals surface area contributed by atoms with Gasteiger partial charge in [0.2, 0.25) is 0 Å². The van der Waals surface area contributed by atoms with Crippen LogP contribution in [0.5, 0.6) is 0 Å². The molecule has 0 saturated carbocycles. The second kappa shape index (κ2) is 4.13. The summed E-state index contributed by atoms with van der Waals surface area (Å²) in [6.45, 7) is -0.278. The Hall–Kier alpha value is -1.19. The standard InChI is InChI=1S/C12H14O3/c13-7-10(14)6-9-5-8-3-1-2-4-11(8)12(9)15/h1-4,9-10,13-14H,5-7H2.